The third-order valence-electron chi connectivity index (χ3n) is 22.2. The Labute approximate surface area is 607 Å². The van der Waals surface area contributed by atoms with Crippen LogP contribution in [0.25, 0.3) is 0 Å². The fourth-order valence-electron chi connectivity index (χ4n) is 15.0. The van der Waals surface area contributed by atoms with Gasteiger partial charge in [-0.25, -0.2) is 0 Å². The Kier molecular flexibility index (Phi) is 64.2. The van der Waals surface area contributed by atoms with Gasteiger partial charge in [-0.2, -0.15) is 13.9 Å². The van der Waals surface area contributed by atoms with Gasteiger partial charge in [0.05, 0.1) is 41.0 Å². The number of aliphatic hydroxyl groups excluding tert-OH is 1. The van der Waals surface area contributed by atoms with E-state index in [-0.39, 0.29) is 25.9 Å². The summed E-state index contributed by atoms with van der Waals surface area (Å²) in [6.45, 7) is 28.3. The lowest BCUT2D eigenvalue weighted by Crippen LogP contribution is -2.38. The van der Waals surface area contributed by atoms with Gasteiger partial charge in [-0.3, -0.25) is 0 Å². The van der Waals surface area contributed by atoms with Crippen molar-refractivity contribution >= 4 is 8.17 Å². The monoisotopic (exact) mass is 1400 g/mol. The Bertz CT molecular complexity index is 1620. The van der Waals surface area contributed by atoms with Crippen molar-refractivity contribution < 1.29 is 47.4 Å². The smallest absolute Gasteiger partial charge is 0.377 e. The average molecular weight is 1400 g/mol. The quantitative estimate of drug-likeness (QED) is 0.0349. The molecular weight excluding hydrogens is 1220 g/mol. The molecular formula is C86H175NO9P+. The molecule has 1 fully saturated rings. The molecule has 11 heteroatoms. The Morgan fingerprint density at radius 3 is 0.948 bits per heavy atom. The number of phosphoric ester groups is 1. The highest BCUT2D eigenvalue weighted by Gasteiger charge is 2.31. The molecule has 0 aromatic carbocycles. The van der Waals surface area contributed by atoms with E-state index in [1.807, 2.05) is 21.1 Å². The normalized spacial score (nSPS) is 17.9. The van der Waals surface area contributed by atoms with Gasteiger partial charge in [-0.15, -0.1) is 0 Å². The van der Waals surface area contributed by atoms with Crippen LogP contribution < -0.4 is 4.89 Å². The lowest BCUT2D eigenvalue weighted by atomic mass is 9.91. The molecule has 1 rings (SSSR count). The number of aliphatic hydroxyl groups is 1. The minimum absolute atomic E-state index is 0.0184. The summed E-state index contributed by atoms with van der Waals surface area (Å²) in [5.41, 5.74) is 0. The number of hydrogen-bond acceptors (Lipinski definition) is 9. The van der Waals surface area contributed by atoms with Gasteiger partial charge in [-0.1, -0.05) is 365 Å². The van der Waals surface area contributed by atoms with Gasteiger partial charge in [0.2, 0.25) is 0 Å². The van der Waals surface area contributed by atoms with E-state index >= 15 is 0 Å². The molecule has 0 aliphatic heterocycles. The molecule has 11 atom stereocenters. The van der Waals surface area contributed by atoms with E-state index in [2.05, 4.69) is 69.2 Å². The second-order valence-electron chi connectivity index (χ2n) is 34.8. The van der Waals surface area contributed by atoms with E-state index in [4.69, 9.17) is 28.0 Å². The van der Waals surface area contributed by atoms with Gasteiger partial charge >= 0.3 is 8.17 Å². The predicted octanol–water partition coefficient (Wildman–Crippen LogP) is 24.8. The molecule has 0 radical (unpaired) electrons. The molecule has 0 aromatic heterocycles. The van der Waals surface area contributed by atoms with E-state index in [1.165, 1.54) is 302 Å². The Morgan fingerprint density at radius 2 is 0.629 bits per heavy atom. The van der Waals surface area contributed by atoms with Crippen LogP contribution in [0, 0.1) is 59.2 Å². The third-order valence-corrected chi connectivity index (χ3v) is 23.1. The molecule has 0 saturated heterocycles. The number of nitrogens with zero attached hydrogens (tertiary/aromatic N) is 1. The zero-order chi connectivity index (χ0) is 71.3. The molecule has 1 unspecified atom stereocenters. The minimum Gasteiger partial charge on any atom is -0.606 e. The Balaban J connectivity index is 1.97. The van der Waals surface area contributed by atoms with Gasteiger partial charge < -0.3 is 33.4 Å². The number of phosphoric acid groups is 1. The molecule has 97 heavy (non-hydrogen) atoms. The van der Waals surface area contributed by atoms with Gasteiger partial charge in [0.25, 0.3) is 0 Å². The summed E-state index contributed by atoms with van der Waals surface area (Å²) >= 11 is 0. The van der Waals surface area contributed by atoms with Crippen molar-refractivity contribution in [3.05, 3.63) is 0 Å². The van der Waals surface area contributed by atoms with Crippen molar-refractivity contribution in [1.29, 1.82) is 0 Å². The topological polar surface area (TPSA) is 119 Å². The van der Waals surface area contributed by atoms with Crippen molar-refractivity contribution in [3.8, 4) is 0 Å². The first kappa shape index (κ1) is 95.0. The number of hydrogen-bond donors (Lipinski definition) is 2. The fourth-order valence-corrected chi connectivity index (χ4v) is 15.7. The van der Waals surface area contributed by atoms with Crippen LogP contribution in [0.3, 0.4) is 0 Å². The number of likely N-dealkylation sites (N-methyl/N-ethyl adjacent to an activating group) is 1. The zero-order valence-corrected chi connectivity index (χ0v) is 68.6. The molecule has 1 aliphatic rings. The second-order valence-corrected chi connectivity index (χ2v) is 36.3. The molecule has 582 valence electrons. The van der Waals surface area contributed by atoms with E-state index in [0.29, 0.717) is 49.3 Å². The highest BCUT2D eigenvalue weighted by molar-refractivity contribution is 7.52. The second kappa shape index (κ2) is 65.5. The summed E-state index contributed by atoms with van der Waals surface area (Å²) in [5, 5.41) is 9.86. The number of unbranched alkanes of at least 4 members (excludes halogenated alkanes) is 24. The highest BCUT2D eigenvalue weighted by Crippen LogP contribution is 2.47. The summed E-state index contributed by atoms with van der Waals surface area (Å²) in [5.74, 6) is 8.32. The molecule has 1 saturated carbocycles. The van der Waals surface area contributed by atoms with Crippen LogP contribution in [-0.2, 0) is 28.0 Å². The Morgan fingerprint density at radius 1 is 0.340 bits per heavy atom. The summed E-state index contributed by atoms with van der Waals surface area (Å²) in [4.78, 5) is 23.1. The molecule has 0 bridgehead atoms. The number of ether oxygens (including phenoxy) is 4. The Hall–Kier alpha value is 0.0300. The summed E-state index contributed by atoms with van der Waals surface area (Å²) in [6.07, 6.45) is 68.6. The zero-order valence-electron chi connectivity index (χ0n) is 67.7. The van der Waals surface area contributed by atoms with Crippen molar-refractivity contribution in [2.24, 2.45) is 59.2 Å². The van der Waals surface area contributed by atoms with Crippen LogP contribution >= 0.6 is 8.17 Å². The fraction of sp³-hybridized carbons (Fsp3) is 1.00. The largest absolute Gasteiger partial charge is 0.606 e. The van der Waals surface area contributed by atoms with E-state index < -0.39 is 14.3 Å². The van der Waals surface area contributed by atoms with Crippen LogP contribution in [0.1, 0.15) is 397 Å². The van der Waals surface area contributed by atoms with Gasteiger partial charge in [-0.05, 0) is 91.3 Å². The van der Waals surface area contributed by atoms with Gasteiger partial charge in [0.1, 0.15) is 32.0 Å². The summed E-state index contributed by atoms with van der Waals surface area (Å²) in [6, 6.07) is 0. The van der Waals surface area contributed by atoms with Crippen molar-refractivity contribution in [1.82, 2.24) is 0 Å². The van der Waals surface area contributed by atoms with Crippen molar-refractivity contribution in [3.63, 3.8) is 0 Å². The highest BCUT2D eigenvalue weighted by atomic mass is 31.2. The molecule has 0 aromatic rings. The molecule has 2 N–H and O–H groups in total. The molecule has 10 nitrogen and oxygen atoms in total. The molecule has 0 heterocycles. The SMILES string of the molecule is CC(C)CCC[C@@H](C)CCC[C@@H](C)CCC[C@H](C)CCO[C@H](CO)COCCCCCCCCCCCCCCC[C@@H]1CC[C@H](CCCCCCCCCCCCCCCOC[C@@H](CO[P+]([O-])(O)OCC[N+](C)(C)C)OCC[C@@H](C)CCC[C@H](C)CCC[C@H](C)CCCC(C)C)C1. The standard InChI is InChI=1S/C86H174NO9P/c1-75(2)46-40-48-77(5)50-42-52-79(7)54-44-56-81(9)62-67-93-85(71-88)72-91-65-38-34-30-26-22-18-14-16-20-24-28-32-36-58-83-60-61-84(70-83)59-37-33-29-25-21-17-15-19-23-27-31-35-39-66-92-73-86(74-96-97(89,90)95-69-64-87(11,12)13)94-68-63-82(10)57-45-55-80(8)53-43-51-78(6)49-41-47-76(3)4/h75-86,88H,14-74H2,1-13H3/p+1/t77-,78-,79-,80-,81+,82+,83-,84+,85-,86+/m1/s1. The van der Waals surface area contributed by atoms with E-state index in [0.717, 1.165) is 86.2 Å². The molecule has 1 aliphatic carbocycles. The molecule has 0 spiro atoms. The first-order valence-electron chi connectivity index (χ1n) is 43.1. The average Bonchev–Trinajstić information content (AvgIpc) is 2.35. The van der Waals surface area contributed by atoms with Gasteiger partial charge in [0.15, 0.2) is 0 Å². The lowest BCUT2D eigenvalue weighted by Gasteiger charge is -2.26. The van der Waals surface area contributed by atoms with Crippen LogP contribution in [-0.4, -0.2) is 114 Å². The maximum Gasteiger partial charge on any atom is 0.377 e. The van der Waals surface area contributed by atoms with Crippen LogP contribution in [0.15, 0.2) is 0 Å². The summed E-state index contributed by atoms with van der Waals surface area (Å²) in [7, 11) is 1.91. The van der Waals surface area contributed by atoms with Crippen molar-refractivity contribution in [2.75, 3.05) is 87.1 Å². The predicted molar refractivity (Wildman–Crippen MR) is 419 cm³/mol. The first-order chi connectivity index (χ1) is 46.7. The van der Waals surface area contributed by atoms with E-state index in [9.17, 15) is 14.9 Å². The van der Waals surface area contributed by atoms with E-state index in [1.54, 1.807) is 0 Å². The maximum absolute atomic E-state index is 12.7. The van der Waals surface area contributed by atoms with Crippen LogP contribution in [0.4, 0.5) is 0 Å². The van der Waals surface area contributed by atoms with Gasteiger partial charge in [0, 0.05) is 26.4 Å². The maximum atomic E-state index is 12.7. The number of quaternary nitrogens is 1. The summed E-state index contributed by atoms with van der Waals surface area (Å²) < 4.78 is 35.7. The number of rotatable bonds is 76. The van der Waals surface area contributed by atoms with Crippen LogP contribution in [0.2, 0.25) is 0 Å². The van der Waals surface area contributed by atoms with Crippen LogP contribution in [0.5, 0.6) is 0 Å². The minimum atomic E-state index is -4.18. The van der Waals surface area contributed by atoms with Crippen molar-refractivity contribution in [2.45, 2.75) is 409 Å². The first-order valence-corrected chi connectivity index (χ1v) is 44.6. The lowest BCUT2D eigenvalue weighted by molar-refractivity contribution is -0.870. The molecule has 0 amide bonds. The third kappa shape index (κ3) is 66.5.